The molecule has 1 aromatic heterocycles. The van der Waals surface area contributed by atoms with E-state index in [9.17, 15) is 19.1 Å². The molecule has 7 heteroatoms. The molecule has 0 radical (unpaired) electrons. The molecule has 0 unspecified atom stereocenters. The third kappa shape index (κ3) is 3.00. The molecule has 27 heavy (non-hydrogen) atoms. The molecule has 1 spiro atoms. The Hall–Kier alpha value is -2.41. The number of aromatic nitrogens is 1. The van der Waals surface area contributed by atoms with Crippen molar-refractivity contribution in [3.8, 4) is 0 Å². The van der Waals surface area contributed by atoms with Crippen molar-refractivity contribution in [2.75, 3.05) is 31.2 Å². The number of halogens is 1. The summed E-state index contributed by atoms with van der Waals surface area (Å²) in [6.07, 6.45) is 4.33. The number of piperidine rings is 1. The second-order valence-electron chi connectivity index (χ2n) is 7.57. The van der Waals surface area contributed by atoms with Crippen molar-refractivity contribution < 1.29 is 19.0 Å². The largest absolute Gasteiger partial charge is 0.477 e. The smallest absolute Gasteiger partial charge is 0.341 e. The molecule has 3 heterocycles. The van der Waals surface area contributed by atoms with Gasteiger partial charge in [-0.2, -0.15) is 0 Å². The van der Waals surface area contributed by atoms with Gasteiger partial charge in [-0.25, -0.2) is 9.18 Å². The second kappa shape index (κ2) is 6.64. The fraction of sp³-hybridized carbons (Fsp3) is 0.500. The quantitative estimate of drug-likeness (QED) is 0.895. The molecule has 0 saturated carbocycles. The van der Waals surface area contributed by atoms with Gasteiger partial charge in [0.2, 0.25) is 5.43 Å². The molecule has 144 valence electrons. The predicted octanol–water partition coefficient (Wildman–Crippen LogP) is 2.87. The summed E-state index contributed by atoms with van der Waals surface area (Å²) in [5, 5.41) is 9.36. The van der Waals surface area contributed by atoms with Crippen LogP contribution in [0.25, 0.3) is 10.9 Å². The van der Waals surface area contributed by atoms with Crippen LogP contribution in [0.15, 0.2) is 23.1 Å². The Morgan fingerprint density at radius 2 is 2.04 bits per heavy atom. The lowest BCUT2D eigenvalue weighted by atomic mass is 9.78. The Morgan fingerprint density at radius 1 is 1.30 bits per heavy atom. The molecular formula is C20H23FN2O4. The van der Waals surface area contributed by atoms with E-state index < -0.39 is 17.2 Å². The number of hydrogen-bond acceptors (Lipinski definition) is 4. The molecule has 6 nitrogen and oxygen atoms in total. The molecule has 0 aliphatic carbocycles. The maximum atomic E-state index is 14.9. The number of benzene rings is 1. The van der Waals surface area contributed by atoms with E-state index in [1.807, 2.05) is 11.8 Å². The van der Waals surface area contributed by atoms with E-state index in [4.69, 9.17) is 4.74 Å². The third-order valence-electron chi connectivity index (χ3n) is 6.07. The molecule has 2 aromatic rings. The normalized spacial score (nSPS) is 19.1. The van der Waals surface area contributed by atoms with Crippen molar-refractivity contribution in [2.45, 2.75) is 32.7 Å². The number of aromatic carboxylic acids is 1. The Labute approximate surface area is 156 Å². The molecule has 2 fully saturated rings. The highest BCUT2D eigenvalue weighted by atomic mass is 19.1. The van der Waals surface area contributed by atoms with Gasteiger partial charge in [0, 0.05) is 37.8 Å². The monoisotopic (exact) mass is 374 g/mol. The van der Waals surface area contributed by atoms with Crippen molar-refractivity contribution in [1.82, 2.24) is 4.57 Å². The highest BCUT2D eigenvalue weighted by Gasteiger charge is 2.38. The van der Waals surface area contributed by atoms with Crippen LogP contribution in [0.2, 0.25) is 0 Å². The lowest BCUT2D eigenvalue weighted by Gasteiger charge is -2.39. The van der Waals surface area contributed by atoms with E-state index in [0.29, 0.717) is 17.7 Å². The lowest BCUT2D eigenvalue weighted by Crippen LogP contribution is -2.40. The molecule has 1 N–H and O–H groups in total. The Bertz CT molecular complexity index is 953. The van der Waals surface area contributed by atoms with E-state index in [2.05, 4.69) is 0 Å². The molecule has 0 bridgehead atoms. The van der Waals surface area contributed by atoms with Gasteiger partial charge in [0.15, 0.2) is 0 Å². The number of anilines is 1. The van der Waals surface area contributed by atoms with Crippen LogP contribution in [0, 0.1) is 11.2 Å². The molecule has 2 saturated heterocycles. The lowest BCUT2D eigenvalue weighted by molar-refractivity contribution is 0.0695. The number of nitrogens with zero attached hydrogens (tertiary/aromatic N) is 2. The summed E-state index contributed by atoms with van der Waals surface area (Å²) in [4.78, 5) is 25.8. The van der Waals surface area contributed by atoms with Gasteiger partial charge >= 0.3 is 5.97 Å². The van der Waals surface area contributed by atoms with Crippen LogP contribution >= 0.6 is 0 Å². The van der Waals surface area contributed by atoms with Crippen molar-refractivity contribution in [2.24, 2.45) is 5.41 Å². The first-order valence-corrected chi connectivity index (χ1v) is 9.37. The number of fused-ring (bicyclic) bond motifs is 1. The highest BCUT2D eigenvalue weighted by molar-refractivity contribution is 5.93. The first-order valence-electron chi connectivity index (χ1n) is 9.37. The summed E-state index contributed by atoms with van der Waals surface area (Å²) in [6, 6.07) is 2.87. The van der Waals surface area contributed by atoms with Gasteiger partial charge in [-0.3, -0.25) is 4.79 Å². The van der Waals surface area contributed by atoms with Crippen LogP contribution in [-0.4, -0.2) is 41.9 Å². The SMILES string of the molecule is CCn1cc(C(=O)O)c(=O)c2cc(F)c(N3CCC4(CCOC4)CC3)cc21. The zero-order valence-corrected chi connectivity index (χ0v) is 15.3. The molecular weight excluding hydrogens is 351 g/mol. The fourth-order valence-electron chi connectivity index (χ4n) is 4.32. The van der Waals surface area contributed by atoms with Crippen molar-refractivity contribution in [3.63, 3.8) is 0 Å². The minimum absolute atomic E-state index is 0.107. The Balaban J connectivity index is 1.75. The van der Waals surface area contributed by atoms with E-state index in [1.54, 1.807) is 10.6 Å². The highest BCUT2D eigenvalue weighted by Crippen LogP contribution is 2.40. The number of pyridine rings is 1. The van der Waals surface area contributed by atoms with Crippen LogP contribution in [0.5, 0.6) is 0 Å². The Morgan fingerprint density at radius 3 is 2.63 bits per heavy atom. The average molecular weight is 374 g/mol. The number of aryl methyl sites for hydroxylation is 1. The first-order chi connectivity index (χ1) is 12.9. The standard InChI is InChI=1S/C20H23FN2O4/c1-2-22-11-14(19(25)26)18(24)13-9-15(21)17(10-16(13)22)23-6-3-20(4-7-23)5-8-27-12-20/h9-11H,2-8,12H2,1H3,(H,25,26). The summed E-state index contributed by atoms with van der Waals surface area (Å²) in [6.45, 7) is 5.43. The van der Waals surface area contributed by atoms with Crippen LogP contribution in [0.4, 0.5) is 10.1 Å². The predicted molar refractivity (Wildman–Crippen MR) is 100 cm³/mol. The summed E-state index contributed by atoms with van der Waals surface area (Å²) in [5.74, 6) is -1.78. The topological polar surface area (TPSA) is 71.8 Å². The summed E-state index contributed by atoms with van der Waals surface area (Å²) >= 11 is 0. The molecule has 2 aliphatic rings. The van der Waals surface area contributed by atoms with Crippen LogP contribution in [0.3, 0.4) is 0 Å². The van der Waals surface area contributed by atoms with E-state index in [1.165, 1.54) is 12.3 Å². The van der Waals surface area contributed by atoms with Gasteiger partial charge in [-0.15, -0.1) is 0 Å². The maximum Gasteiger partial charge on any atom is 0.341 e. The van der Waals surface area contributed by atoms with Gasteiger partial charge in [0.1, 0.15) is 11.4 Å². The fourth-order valence-corrected chi connectivity index (χ4v) is 4.32. The number of hydrogen-bond donors (Lipinski definition) is 1. The van der Waals surface area contributed by atoms with Crippen molar-refractivity contribution in [1.29, 1.82) is 0 Å². The van der Waals surface area contributed by atoms with Crippen LogP contribution < -0.4 is 10.3 Å². The van der Waals surface area contributed by atoms with Gasteiger partial charge in [0.05, 0.1) is 17.8 Å². The van der Waals surface area contributed by atoms with Crippen molar-refractivity contribution in [3.05, 3.63) is 39.9 Å². The summed E-state index contributed by atoms with van der Waals surface area (Å²) in [7, 11) is 0. The van der Waals surface area contributed by atoms with Gasteiger partial charge in [-0.05, 0) is 43.7 Å². The number of carboxylic acid groups (broad SMARTS) is 1. The molecule has 4 rings (SSSR count). The summed E-state index contributed by atoms with van der Waals surface area (Å²) in [5.41, 5.74) is 0.284. The zero-order chi connectivity index (χ0) is 19.2. The average Bonchev–Trinajstić information content (AvgIpc) is 3.11. The minimum atomic E-state index is -1.30. The molecule has 1 aromatic carbocycles. The maximum absolute atomic E-state index is 14.9. The molecule has 0 amide bonds. The molecule has 2 aliphatic heterocycles. The minimum Gasteiger partial charge on any atom is -0.477 e. The van der Waals surface area contributed by atoms with Crippen LogP contribution in [-0.2, 0) is 11.3 Å². The summed E-state index contributed by atoms with van der Waals surface area (Å²) < 4.78 is 22.1. The Kier molecular flexibility index (Phi) is 4.42. The third-order valence-corrected chi connectivity index (χ3v) is 6.07. The number of ether oxygens (including phenoxy) is 1. The first kappa shape index (κ1) is 18.0. The zero-order valence-electron chi connectivity index (χ0n) is 15.3. The number of rotatable bonds is 3. The number of carboxylic acids is 1. The van der Waals surface area contributed by atoms with E-state index >= 15 is 0 Å². The van der Waals surface area contributed by atoms with E-state index in [0.717, 1.165) is 45.6 Å². The van der Waals surface area contributed by atoms with Gasteiger partial charge < -0.3 is 19.3 Å². The van der Waals surface area contributed by atoms with E-state index in [-0.39, 0.29) is 16.4 Å². The van der Waals surface area contributed by atoms with Gasteiger partial charge in [0.25, 0.3) is 0 Å². The second-order valence-corrected chi connectivity index (χ2v) is 7.57. The number of carbonyl (C=O) groups is 1. The van der Waals surface area contributed by atoms with Crippen LogP contribution in [0.1, 0.15) is 36.5 Å². The van der Waals surface area contributed by atoms with Gasteiger partial charge in [-0.1, -0.05) is 0 Å². The van der Waals surface area contributed by atoms with Crippen molar-refractivity contribution >= 4 is 22.6 Å². The molecule has 0 atom stereocenters.